The standard InChI is InChI=1S/C20H22FN5O2S/c1-14(19-23-24-20(28-19)17-6-3-11-29-17)26-9-7-25(8-10-26)13-18(27)22-16-5-2-4-15(21)12-16/h2-6,11-12,14H,7-10,13H2,1H3,(H,22,27)/t14-/m1/s1. The SMILES string of the molecule is C[C@H](c1nnc(-c2cccs2)o1)N1CCN(CC(=O)Nc2cccc(F)c2)CC1. The minimum atomic E-state index is -0.367. The van der Waals surface area contributed by atoms with Crippen LogP contribution in [0, 0.1) is 5.82 Å². The molecule has 0 bridgehead atoms. The van der Waals surface area contributed by atoms with Crippen molar-refractivity contribution in [2.45, 2.75) is 13.0 Å². The molecule has 1 fully saturated rings. The summed E-state index contributed by atoms with van der Waals surface area (Å²) >= 11 is 1.57. The molecule has 1 aliphatic rings. The summed E-state index contributed by atoms with van der Waals surface area (Å²) < 4.78 is 19.1. The second-order valence-electron chi connectivity index (χ2n) is 6.97. The predicted molar refractivity (Wildman–Crippen MR) is 109 cm³/mol. The number of carbonyl (C=O) groups is 1. The highest BCUT2D eigenvalue weighted by atomic mass is 32.1. The second-order valence-corrected chi connectivity index (χ2v) is 7.92. The third-order valence-corrected chi connectivity index (χ3v) is 5.82. The molecule has 4 rings (SSSR count). The van der Waals surface area contributed by atoms with Crippen LogP contribution in [0.5, 0.6) is 0 Å². The van der Waals surface area contributed by atoms with Gasteiger partial charge in [0.1, 0.15) is 5.82 Å². The van der Waals surface area contributed by atoms with Gasteiger partial charge in [0.2, 0.25) is 11.8 Å². The number of benzene rings is 1. The average molecular weight is 415 g/mol. The number of piperazine rings is 1. The van der Waals surface area contributed by atoms with E-state index in [1.54, 1.807) is 23.5 Å². The van der Waals surface area contributed by atoms with Crippen LogP contribution in [0.25, 0.3) is 10.8 Å². The van der Waals surface area contributed by atoms with E-state index < -0.39 is 0 Å². The van der Waals surface area contributed by atoms with Crippen molar-refractivity contribution in [1.29, 1.82) is 0 Å². The topological polar surface area (TPSA) is 74.5 Å². The highest BCUT2D eigenvalue weighted by Crippen LogP contribution is 2.27. The molecular weight excluding hydrogens is 393 g/mol. The van der Waals surface area contributed by atoms with E-state index >= 15 is 0 Å². The normalized spacial score (nSPS) is 16.6. The monoisotopic (exact) mass is 415 g/mol. The quantitative estimate of drug-likeness (QED) is 0.666. The summed E-state index contributed by atoms with van der Waals surface area (Å²) in [5.74, 6) is 0.642. The van der Waals surface area contributed by atoms with E-state index in [4.69, 9.17) is 4.42 Å². The van der Waals surface area contributed by atoms with Crippen LogP contribution in [0.2, 0.25) is 0 Å². The van der Waals surface area contributed by atoms with Gasteiger partial charge in [0.15, 0.2) is 0 Å². The van der Waals surface area contributed by atoms with Crippen molar-refractivity contribution < 1.29 is 13.6 Å². The lowest BCUT2D eigenvalue weighted by molar-refractivity contribution is -0.117. The third kappa shape index (κ3) is 4.87. The zero-order chi connectivity index (χ0) is 20.2. The van der Waals surface area contributed by atoms with Crippen LogP contribution in [0.15, 0.2) is 46.2 Å². The molecule has 3 aromatic rings. The van der Waals surface area contributed by atoms with Gasteiger partial charge in [-0.05, 0) is 36.6 Å². The van der Waals surface area contributed by atoms with Crippen molar-refractivity contribution in [3.63, 3.8) is 0 Å². The van der Waals surface area contributed by atoms with E-state index in [-0.39, 0.29) is 24.3 Å². The molecule has 2 aromatic heterocycles. The lowest BCUT2D eigenvalue weighted by Crippen LogP contribution is -2.49. The Morgan fingerprint density at radius 2 is 2.07 bits per heavy atom. The Bertz CT molecular complexity index is 953. The Balaban J connectivity index is 1.27. The minimum Gasteiger partial charge on any atom is -0.418 e. The average Bonchev–Trinajstić information content (AvgIpc) is 3.40. The number of anilines is 1. The third-order valence-electron chi connectivity index (χ3n) is 4.96. The van der Waals surface area contributed by atoms with Gasteiger partial charge in [-0.15, -0.1) is 21.5 Å². The molecule has 0 radical (unpaired) electrons. The molecule has 1 aromatic carbocycles. The van der Waals surface area contributed by atoms with E-state index in [0.29, 0.717) is 17.5 Å². The number of nitrogens with zero attached hydrogens (tertiary/aromatic N) is 4. The molecular formula is C20H22FN5O2S. The molecule has 1 atom stereocenters. The van der Waals surface area contributed by atoms with Crippen molar-refractivity contribution >= 4 is 22.9 Å². The first-order valence-electron chi connectivity index (χ1n) is 9.47. The van der Waals surface area contributed by atoms with Gasteiger partial charge >= 0.3 is 0 Å². The fourth-order valence-electron chi connectivity index (χ4n) is 3.34. The first kappa shape index (κ1) is 19.7. The lowest BCUT2D eigenvalue weighted by Gasteiger charge is -2.36. The lowest BCUT2D eigenvalue weighted by atomic mass is 10.2. The second kappa shape index (κ2) is 8.81. The zero-order valence-corrected chi connectivity index (χ0v) is 16.9. The van der Waals surface area contributed by atoms with E-state index in [9.17, 15) is 9.18 Å². The van der Waals surface area contributed by atoms with Crippen LogP contribution in [0.4, 0.5) is 10.1 Å². The Labute approximate surface area is 172 Å². The van der Waals surface area contributed by atoms with E-state index in [1.165, 1.54) is 12.1 Å². The number of hydrogen-bond acceptors (Lipinski definition) is 7. The van der Waals surface area contributed by atoms with Gasteiger partial charge in [0.05, 0.1) is 17.5 Å². The van der Waals surface area contributed by atoms with Gasteiger partial charge in [-0.2, -0.15) is 0 Å². The van der Waals surface area contributed by atoms with Crippen LogP contribution < -0.4 is 5.32 Å². The fourth-order valence-corrected chi connectivity index (χ4v) is 3.98. The van der Waals surface area contributed by atoms with E-state index in [1.807, 2.05) is 17.5 Å². The number of aromatic nitrogens is 2. The molecule has 1 N–H and O–H groups in total. The number of thiophene rings is 1. The summed E-state index contributed by atoms with van der Waals surface area (Å²) in [6, 6.07) is 9.84. The maximum absolute atomic E-state index is 13.2. The molecule has 0 unspecified atom stereocenters. The Morgan fingerprint density at radius 3 is 2.79 bits per heavy atom. The summed E-state index contributed by atoms with van der Waals surface area (Å²) in [6.07, 6.45) is 0. The Kier molecular flexibility index (Phi) is 5.98. The number of rotatable bonds is 6. The van der Waals surface area contributed by atoms with Crippen molar-refractivity contribution in [2.24, 2.45) is 0 Å². The molecule has 1 saturated heterocycles. The van der Waals surface area contributed by atoms with Gasteiger partial charge in [0.25, 0.3) is 5.89 Å². The molecule has 3 heterocycles. The maximum atomic E-state index is 13.2. The van der Waals surface area contributed by atoms with Crippen LogP contribution in [0.3, 0.4) is 0 Å². The van der Waals surface area contributed by atoms with Crippen molar-refractivity contribution in [3.05, 3.63) is 53.5 Å². The number of carbonyl (C=O) groups excluding carboxylic acids is 1. The fraction of sp³-hybridized carbons (Fsp3) is 0.350. The van der Waals surface area contributed by atoms with E-state index in [0.717, 1.165) is 31.1 Å². The molecule has 7 nitrogen and oxygen atoms in total. The van der Waals surface area contributed by atoms with Crippen LogP contribution in [-0.2, 0) is 4.79 Å². The molecule has 0 aliphatic carbocycles. The summed E-state index contributed by atoms with van der Waals surface area (Å²) in [5, 5.41) is 13.1. The van der Waals surface area contributed by atoms with Gasteiger partial charge in [0, 0.05) is 31.9 Å². The largest absolute Gasteiger partial charge is 0.418 e. The highest BCUT2D eigenvalue weighted by molar-refractivity contribution is 7.13. The summed E-state index contributed by atoms with van der Waals surface area (Å²) in [5.41, 5.74) is 0.472. The first-order chi connectivity index (χ1) is 14.1. The summed E-state index contributed by atoms with van der Waals surface area (Å²) in [7, 11) is 0. The van der Waals surface area contributed by atoms with Crippen molar-refractivity contribution in [1.82, 2.24) is 20.0 Å². The van der Waals surface area contributed by atoms with Gasteiger partial charge in [-0.3, -0.25) is 14.6 Å². The number of amides is 1. The number of nitrogens with one attached hydrogen (secondary N) is 1. The van der Waals surface area contributed by atoms with Crippen molar-refractivity contribution in [2.75, 3.05) is 38.0 Å². The molecule has 0 spiro atoms. The number of halogens is 1. The van der Waals surface area contributed by atoms with Gasteiger partial charge < -0.3 is 9.73 Å². The molecule has 9 heteroatoms. The van der Waals surface area contributed by atoms with Crippen LogP contribution in [0.1, 0.15) is 18.9 Å². The molecule has 1 amide bonds. The smallest absolute Gasteiger partial charge is 0.257 e. The Morgan fingerprint density at radius 1 is 1.24 bits per heavy atom. The van der Waals surface area contributed by atoms with Crippen molar-refractivity contribution in [3.8, 4) is 10.8 Å². The van der Waals surface area contributed by atoms with Crippen LogP contribution >= 0.6 is 11.3 Å². The highest BCUT2D eigenvalue weighted by Gasteiger charge is 2.26. The number of hydrogen-bond donors (Lipinski definition) is 1. The van der Waals surface area contributed by atoms with Gasteiger partial charge in [-0.25, -0.2) is 4.39 Å². The zero-order valence-electron chi connectivity index (χ0n) is 16.0. The molecule has 152 valence electrons. The van der Waals surface area contributed by atoms with E-state index in [2.05, 4.69) is 32.2 Å². The molecule has 29 heavy (non-hydrogen) atoms. The first-order valence-corrected chi connectivity index (χ1v) is 10.4. The van der Waals surface area contributed by atoms with Gasteiger partial charge in [-0.1, -0.05) is 12.1 Å². The molecule has 1 aliphatic heterocycles. The Hall–Kier alpha value is -2.62. The summed E-state index contributed by atoms with van der Waals surface area (Å²) in [4.78, 5) is 17.5. The summed E-state index contributed by atoms with van der Waals surface area (Å²) in [6.45, 7) is 5.44. The maximum Gasteiger partial charge on any atom is 0.257 e. The predicted octanol–water partition coefficient (Wildman–Crippen LogP) is 3.25. The van der Waals surface area contributed by atoms with Crippen LogP contribution in [-0.4, -0.2) is 58.6 Å². The molecule has 0 saturated carbocycles. The minimum absolute atomic E-state index is 0.0134.